The average molecular weight is 390 g/mol. The molecule has 2 fully saturated rings. The van der Waals surface area contributed by atoms with Crippen molar-refractivity contribution in [1.29, 1.82) is 0 Å². The first-order valence-corrected chi connectivity index (χ1v) is 11.3. The first-order valence-electron chi connectivity index (χ1n) is 11.3. The molecule has 5 rings (SSSR count). The number of likely N-dealkylation sites (tertiary alicyclic amines) is 1. The van der Waals surface area contributed by atoms with Gasteiger partial charge in [-0.1, -0.05) is 67.8 Å². The molecule has 0 bridgehead atoms. The van der Waals surface area contributed by atoms with E-state index in [1.54, 1.807) is 0 Å². The second kappa shape index (κ2) is 8.19. The molecule has 2 aromatic rings. The van der Waals surface area contributed by atoms with Crippen LogP contribution < -0.4 is 5.32 Å². The van der Waals surface area contributed by atoms with Gasteiger partial charge in [-0.3, -0.25) is 4.90 Å². The summed E-state index contributed by atoms with van der Waals surface area (Å²) in [6.45, 7) is 1.99. The van der Waals surface area contributed by atoms with Crippen LogP contribution in [0, 0.1) is 0 Å². The molecule has 2 aromatic carbocycles. The lowest BCUT2D eigenvalue weighted by Crippen LogP contribution is -2.51. The van der Waals surface area contributed by atoms with Crippen molar-refractivity contribution in [2.24, 2.45) is 0 Å². The summed E-state index contributed by atoms with van der Waals surface area (Å²) in [5.41, 5.74) is 3.33. The molecule has 1 aliphatic carbocycles. The second-order valence-electron chi connectivity index (χ2n) is 8.81. The van der Waals surface area contributed by atoms with Crippen LogP contribution in [0.3, 0.4) is 0 Å². The third kappa shape index (κ3) is 3.66. The zero-order valence-corrected chi connectivity index (χ0v) is 17.1. The minimum Gasteiger partial charge on any atom is -0.312 e. The molecule has 0 radical (unpaired) electrons. The van der Waals surface area contributed by atoms with E-state index in [0.29, 0.717) is 12.1 Å². The summed E-state index contributed by atoms with van der Waals surface area (Å²) in [5.74, 6) is 0. The Kier molecular flexibility index (Phi) is 5.28. The molecule has 152 valence electrons. The fourth-order valence-electron chi connectivity index (χ4n) is 5.68. The van der Waals surface area contributed by atoms with Gasteiger partial charge in [0.2, 0.25) is 0 Å². The van der Waals surface area contributed by atoms with E-state index >= 15 is 0 Å². The van der Waals surface area contributed by atoms with Gasteiger partial charge in [-0.05, 0) is 43.9 Å². The number of para-hydroxylation sites is 1. The minimum atomic E-state index is -0.0186. The zero-order chi connectivity index (χ0) is 19.6. The minimum absolute atomic E-state index is 0.0186. The number of urea groups is 1. The summed E-state index contributed by atoms with van der Waals surface area (Å²) in [5, 5.41) is 3.15. The number of hydrogen-bond donors (Lipinski definition) is 1. The van der Waals surface area contributed by atoms with Crippen molar-refractivity contribution < 1.29 is 4.79 Å². The topological polar surface area (TPSA) is 35.6 Å². The summed E-state index contributed by atoms with van der Waals surface area (Å²) in [6, 6.07) is 20.0. The number of fused-ring (bicyclic) bond motifs is 1. The summed E-state index contributed by atoms with van der Waals surface area (Å²) in [4.78, 5) is 18.0. The van der Waals surface area contributed by atoms with Gasteiger partial charge in [-0.2, -0.15) is 0 Å². The molecule has 3 aliphatic rings. The average Bonchev–Trinajstić information content (AvgIpc) is 3.24. The van der Waals surface area contributed by atoms with E-state index in [9.17, 15) is 4.79 Å². The van der Waals surface area contributed by atoms with Crippen molar-refractivity contribution in [3.8, 4) is 0 Å². The van der Waals surface area contributed by atoms with Gasteiger partial charge < -0.3 is 10.2 Å². The number of anilines is 1. The molecule has 2 amide bonds. The van der Waals surface area contributed by atoms with Gasteiger partial charge in [-0.15, -0.1) is 0 Å². The van der Waals surface area contributed by atoms with E-state index in [1.165, 1.54) is 62.6 Å². The Morgan fingerprint density at radius 1 is 0.862 bits per heavy atom. The lowest BCUT2D eigenvalue weighted by atomic mass is 9.92. The highest BCUT2D eigenvalue weighted by molar-refractivity contribution is 5.93. The van der Waals surface area contributed by atoms with E-state index in [4.69, 9.17) is 0 Å². The van der Waals surface area contributed by atoms with Crippen molar-refractivity contribution >= 4 is 11.7 Å². The van der Waals surface area contributed by atoms with Crippen LogP contribution in [0.1, 0.15) is 62.1 Å². The molecular weight excluding hydrogens is 358 g/mol. The molecule has 2 atom stereocenters. The second-order valence-corrected chi connectivity index (χ2v) is 8.81. The van der Waals surface area contributed by atoms with Crippen LogP contribution in [-0.2, 0) is 0 Å². The number of carbonyl (C=O) groups is 1. The molecule has 1 N–H and O–H groups in total. The first kappa shape index (κ1) is 18.7. The predicted octanol–water partition coefficient (Wildman–Crippen LogP) is 5.42. The van der Waals surface area contributed by atoms with E-state index in [1.807, 2.05) is 18.2 Å². The van der Waals surface area contributed by atoms with Crippen LogP contribution in [0.4, 0.5) is 10.5 Å². The summed E-state index contributed by atoms with van der Waals surface area (Å²) in [7, 11) is 0. The van der Waals surface area contributed by atoms with Crippen LogP contribution in [0.25, 0.3) is 0 Å². The summed E-state index contributed by atoms with van der Waals surface area (Å²) < 4.78 is 0. The Morgan fingerprint density at radius 3 is 2.45 bits per heavy atom. The Morgan fingerprint density at radius 2 is 1.62 bits per heavy atom. The molecule has 1 saturated heterocycles. The number of benzene rings is 2. The molecule has 0 aromatic heterocycles. The number of amides is 2. The zero-order valence-electron chi connectivity index (χ0n) is 17.1. The Balaban J connectivity index is 1.45. The van der Waals surface area contributed by atoms with Crippen LogP contribution in [-0.4, -0.2) is 41.0 Å². The molecule has 2 unspecified atom stereocenters. The van der Waals surface area contributed by atoms with Crippen molar-refractivity contribution in [3.05, 3.63) is 65.7 Å². The fraction of sp³-hybridized carbons (Fsp3) is 0.480. The van der Waals surface area contributed by atoms with Gasteiger partial charge in [0, 0.05) is 29.9 Å². The molecule has 2 aliphatic heterocycles. The quantitative estimate of drug-likeness (QED) is 0.758. The van der Waals surface area contributed by atoms with Crippen LogP contribution in [0.5, 0.6) is 0 Å². The Bertz CT molecular complexity index is 846. The third-order valence-corrected chi connectivity index (χ3v) is 7.06. The number of hydrogen-bond acceptors (Lipinski definition) is 2. The molecule has 4 heteroatoms. The highest BCUT2D eigenvalue weighted by Gasteiger charge is 2.38. The van der Waals surface area contributed by atoms with E-state index in [2.05, 4.69) is 51.5 Å². The monoisotopic (exact) mass is 389 g/mol. The summed E-state index contributed by atoms with van der Waals surface area (Å²) >= 11 is 0. The van der Waals surface area contributed by atoms with Gasteiger partial charge in [0.25, 0.3) is 0 Å². The number of nitrogens with zero attached hydrogens (tertiary/aromatic N) is 2. The van der Waals surface area contributed by atoms with Crippen LogP contribution in [0.2, 0.25) is 0 Å². The van der Waals surface area contributed by atoms with Crippen LogP contribution >= 0.6 is 0 Å². The molecule has 4 nitrogen and oxygen atoms in total. The largest absolute Gasteiger partial charge is 0.322 e. The van der Waals surface area contributed by atoms with Gasteiger partial charge in [0.15, 0.2) is 0 Å². The Labute approximate surface area is 173 Å². The van der Waals surface area contributed by atoms with Crippen molar-refractivity contribution in [2.75, 3.05) is 18.4 Å². The fourth-order valence-corrected chi connectivity index (χ4v) is 5.68. The number of nitrogens with one attached hydrogen (secondary N) is 1. The van der Waals surface area contributed by atoms with Gasteiger partial charge in [-0.25, -0.2) is 4.79 Å². The van der Waals surface area contributed by atoms with Crippen LogP contribution in [0.15, 0.2) is 54.6 Å². The highest BCUT2D eigenvalue weighted by atomic mass is 16.2. The molecule has 2 heterocycles. The lowest BCUT2D eigenvalue weighted by molar-refractivity contribution is 0.109. The molecule has 1 saturated carbocycles. The van der Waals surface area contributed by atoms with E-state index < -0.39 is 0 Å². The predicted molar refractivity (Wildman–Crippen MR) is 117 cm³/mol. The standard InChI is InChI=1S/C25H31N3O/c29-25-26-23-16-8-7-15-22(23)24(19-10-3-1-4-11-19)28(25)18-21-14-9-17-27(21)20-12-5-2-6-13-20/h1,3-4,7-8,10-11,15-16,20-21,24H,2,5-6,9,12-14,17-18H2,(H,26,29). The van der Waals surface area contributed by atoms with Gasteiger partial charge >= 0.3 is 6.03 Å². The maximum absolute atomic E-state index is 13.2. The normalized spacial score (nSPS) is 25.7. The van der Waals surface area contributed by atoms with Crippen molar-refractivity contribution in [1.82, 2.24) is 9.80 Å². The van der Waals surface area contributed by atoms with E-state index in [-0.39, 0.29) is 12.1 Å². The first-order chi connectivity index (χ1) is 14.3. The van der Waals surface area contributed by atoms with Crippen molar-refractivity contribution in [2.45, 2.75) is 63.1 Å². The van der Waals surface area contributed by atoms with Crippen molar-refractivity contribution in [3.63, 3.8) is 0 Å². The smallest absolute Gasteiger partial charge is 0.312 e. The lowest BCUT2D eigenvalue weighted by Gasteiger charge is -2.42. The van der Waals surface area contributed by atoms with E-state index in [0.717, 1.165) is 12.2 Å². The summed E-state index contributed by atoms with van der Waals surface area (Å²) in [6.07, 6.45) is 9.21. The number of carbonyl (C=O) groups excluding carboxylic acids is 1. The maximum atomic E-state index is 13.2. The van der Waals surface area contributed by atoms with Gasteiger partial charge in [0.1, 0.15) is 0 Å². The Hall–Kier alpha value is -2.33. The maximum Gasteiger partial charge on any atom is 0.322 e. The highest BCUT2D eigenvalue weighted by Crippen LogP contribution is 2.39. The molecule has 29 heavy (non-hydrogen) atoms. The number of rotatable bonds is 4. The molecule has 0 spiro atoms. The SMILES string of the molecule is O=C1Nc2ccccc2C(c2ccccc2)N1CC1CCCN1C1CCCCC1. The van der Waals surface area contributed by atoms with Gasteiger partial charge in [0.05, 0.1) is 6.04 Å². The third-order valence-electron chi connectivity index (χ3n) is 7.06. The molecular formula is C25H31N3O.